The van der Waals surface area contributed by atoms with Gasteiger partial charge in [0.05, 0.1) is 12.2 Å². The first-order valence-electron chi connectivity index (χ1n) is 12.0. The molecule has 2 unspecified atom stereocenters. The number of hydrogen-bond acceptors (Lipinski definition) is 6. The molecular weight excluding hydrogens is 444 g/mol. The zero-order chi connectivity index (χ0) is 26.0. The molecule has 0 spiro atoms. The van der Waals surface area contributed by atoms with Crippen molar-refractivity contribution in [3.05, 3.63) is 71.8 Å². The summed E-state index contributed by atoms with van der Waals surface area (Å²) in [4.78, 5) is 0. The molecule has 0 heterocycles. The maximum absolute atomic E-state index is 9.82. The van der Waals surface area contributed by atoms with Gasteiger partial charge >= 0.3 is 0 Å². The van der Waals surface area contributed by atoms with Crippen LogP contribution >= 0.6 is 0 Å². The van der Waals surface area contributed by atoms with Gasteiger partial charge in [0.15, 0.2) is 0 Å². The van der Waals surface area contributed by atoms with Crippen molar-refractivity contribution in [2.75, 3.05) is 26.4 Å². The van der Waals surface area contributed by atoms with Crippen molar-refractivity contribution in [3.8, 4) is 23.0 Å². The Morgan fingerprint density at radius 1 is 0.743 bits per heavy atom. The van der Waals surface area contributed by atoms with Crippen molar-refractivity contribution in [2.45, 2.75) is 59.2 Å². The maximum atomic E-state index is 9.82. The van der Waals surface area contributed by atoms with E-state index in [1.807, 2.05) is 50.2 Å². The highest BCUT2D eigenvalue weighted by Crippen LogP contribution is 2.41. The summed E-state index contributed by atoms with van der Waals surface area (Å²) in [5, 5.41) is 19.6. The number of hydrogen-bond donors (Lipinski definition) is 2. The van der Waals surface area contributed by atoms with Gasteiger partial charge in [-0.3, -0.25) is 0 Å². The lowest BCUT2D eigenvalue weighted by Crippen LogP contribution is -2.16. The Morgan fingerprint density at radius 3 is 1.46 bits per heavy atom. The Morgan fingerprint density at radius 2 is 1.14 bits per heavy atom. The molecule has 0 aliphatic heterocycles. The summed E-state index contributed by atoms with van der Waals surface area (Å²) in [6.07, 6.45) is -0.455. The molecule has 2 rings (SSSR count). The van der Waals surface area contributed by atoms with Crippen LogP contribution in [0.15, 0.2) is 60.7 Å². The smallest absolute Gasteiger partial charge is 0.126 e. The second kappa shape index (κ2) is 13.8. The van der Waals surface area contributed by atoms with E-state index in [1.165, 1.54) is 0 Å². The lowest BCUT2D eigenvalue weighted by molar-refractivity contribution is 0.121. The fourth-order valence-electron chi connectivity index (χ4n) is 3.48. The Labute approximate surface area is 209 Å². The van der Waals surface area contributed by atoms with Gasteiger partial charge in [-0.2, -0.15) is 0 Å². The lowest BCUT2D eigenvalue weighted by atomic mass is 9.87. The summed E-state index contributed by atoms with van der Waals surface area (Å²) in [6.45, 7) is 18.2. The largest absolute Gasteiger partial charge is 0.490 e. The number of ether oxygens (including phenoxy) is 4. The number of rotatable bonds is 15. The molecule has 2 N–H and O–H groups in total. The molecule has 0 bridgehead atoms. The van der Waals surface area contributed by atoms with Gasteiger partial charge in [-0.15, -0.1) is 0 Å². The van der Waals surface area contributed by atoms with Crippen molar-refractivity contribution in [3.63, 3.8) is 0 Å². The topological polar surface area (TPSA) is 77.4 Å². The summed E-state index contributed by atoms with van der Waals surface area (Å²) in [6, 6.07) is 11.5. The van der Waals surface area contributed by atoms with E-state index in [9.17, 15) is 10.2 Å². The monoisotopic (exact) mass is 484 g/mol. The summed E-state index contributed by atoms with van der Waals surface area (Å²) in [5.74, 6) is 2.55. The fraction of sp³-hybridized carbons (Fsp3) is 0.448. The summed E-state index contributed by atoms with van der Waals surface area (Å²) in [7, 11) is 0. The van der Waals surface area contributed by atoms with Crippen LogP contribution in [0.1, 0.15) is 58.1 Å². The van der Waals surface area contributed by atoms with Crippen molar-refractivity contribution in [1.29, 1.82) is 0 Å². The Bertz CT molecular complexity index is 902. The first kappa shape index (κ1) is 28.3. The number of aliphatic hydroxyl groups is 2. The van der Waals surface area contributed by atoms with Gasteiger partial charge in [-0.1, -0.05) is 32.2 Å². The number of aliphatic hydroxyl groups excluding tert-OH is 2. The first-order chi connectivity index (χ1) is 16.6. The maximum Gasteiger partial charge on any atom is 0.126 e. The minimum Gasteiger partial charge on any atom is -0.490 e. The predicted octanol–water partition coefficient (Wildman–Crippen LogP) is 5.66. The molecule has 6 nitrogen and oxygen atoms in total. The van der Waals surface area contributed by atoms with Crippen LogP contribution in [0.3, 0.4) is 0 Å². The Hall–Kier alpha value is -2.96. The van der Waals surface area contributed by atoms with Gasteiger partial charge in [0.1, 0.15) is 49.4 Å². The van der Waals surface area contributed by atoms with Crippen LogP contribution in [-0.2, 0) is 0 Å². The van der Waals surface area contributed by atoms with Gasteiger partial charge in [0, 0.05) is 29.2 Å². The minimum absolute atomic E-state index is 0.0617. The molecule has 6 heteroatoms. The van der Waals surface area contributed by atoms with E-state index in [2.05, 4.69) is 20.1 Å². The highest BCUT2D eigenvalue weighted by molar-refractivity contribution is 5.51. The van der Waals surface area contributed by atoms with E-state index in [-0.39, 0.29) is 19.1 Å². The number of benzene rings is 2. The molecule has 0 aliphatic rings. The quantitative estimate of drug-likeness (QED) is 0.318. The third-order valence-corrected chi connectivity index (χ3v) is 5.06. The molecule has 35 heavy (non-hydrogen) atoms. The zero-order valence-corrected chi connectivity index (χ0v) is 21.7. The SMILES string of the molecule is C=C(C)COc1ccc(C(CC)c2ccc(OCC(=C)C)cc2OCC(C)O)c(OCC(C)O)c1. The van der Waals surface area contributed by atoms with Crippen LogP contribution in [0.2, 0.25) is 0 Å². The zero-order valence-electron chi connectivity index (χ0n) is 21.7. The van der Waals surface area contributed by atoms with Crippen LogP contribution in [-0.4, -0.2) is 48.8 Å². The third kappa shape index (κ3) is 9.30. The van der Waals surface area contributed by atoms with E-state index in [0.717, 1.165) is 28.7 Å². The molecule has 2 aromatic carbocycles. The van der Waals surface area contributed by atoms with Gasteiger partial charge in [0.25, 0.3) is 0 Å². The second-order valence-corrected chi connectivity index (χ2v) is 9.17. The summed E-state index contributed by atoms with van der Waals surface area (Å²) >= 11 is 0. The van der Waals surface area contributed by atoms with Crippen LogP contribution < -0.4 is 18.9 Å². The average Bonchev–Trinajstić information content (AvgIpc) is 2.80. The molecule has 2 atom stereocenters. The van der Waals surface area contributed by atoms with Crippen LogP contribution in [0.4, 0.5) is 0 Å². The van der Waals surface area contributed by atoms with Gasteiger partial charge in [0.2, 0.25) is 0 Å². The molecule has 0 saturated carbocycles. The molecule has 0 aliphatic carbocycles. The Balaban J connectivity index is 2.49. The first-order valence-corrected chi connectivity index (χ1v) is 12.0. The fourth-order valence-corrected chi connectivity index (χ4v) is 3.48. The van der Waals surface area contributed by atoms with Crippen molar-refractivity contribution in [2.24, 2.45) is 0 Å². The summed E-state index contributed by atoms with van der Waals surface area (Å²) < 4.78 is 23.7. The molecular formula is C29H40O6. The highest BCUT2D eigenvalue weighted by Gasteiger charge is 2.23. The predicted molar refractivity (Wildman–Crippen MR) is 140 cm³/mol. The molecule has 0 radical (unpaired) electrons. The third-order valence-electron chi connectivity index (χ3n) is 5.06. The average molecular weight is 485 g/mol. The minimum atomic E-state index is -0.613. The van der Waals surface area contributed by atoms with E-state index >= 15 is 0 Å². The van der Waals surface area contributed by atoms with Crippen molar-refractivity contribution in [1.82, 2.24) is 0 Å². The Kier molecular flexibility index (Phi) is 11.2. The molecule has 192 valence electrons. The molecule has 2 aromatic rings. The van der Waals surface area contributed by atoms with E-state index in [4.69, 9.17) is 18.9 Å². The van der Waals surface area contributed by atoms with E-state index in [0.29, 0.717) is 36.2 Å². The van der Waals surface area contributed by atoms with Gasteiger partial charge in [-0.05, 0) is 57.4 Å². The van der Waals surface area contributed by atoms with E-state index < -0.39 is 12.2 Å². The molecule has 0 aromatic heterocycles. The highest BCUT2D eigenvalue weighted by atomic mass is 16.5. The van der Waals surface area contributed by atoms with Crippen LogP contribution in [0.25, 0.3) is 0 Å². The van der Waals surface area contributed by atoms with Crippen LogP contribution in [0.5, 0.6) is 23.0 Å². The molecule has 0 fully saturated rings. The van der Waals surface area contributed by atoms with Gasteiger partial charge in [-0.25, -0.2) is 0 Å². The summed E-state index contributed by atoms with van der Waals surface area (Å²) in [5.41, 5.74) is 3.74. The second-order valence-electron chi connectivity index (χ2n) is 9.17. The lowest BCUT2D eigenvalue weighted by Gasteiger charge is -2.24. The normalized spacial score (nSPS) is 13.5. The van der Waals surface area contributed by atoms with Crippen molar-refractivity contribution < 1.29 is 29.2 Å². The molecule has 0 saturated heterocycles. The standard InChI is InChI=1S/C29H40O6/c1-8-25(26-11-9-23(32-15-19(2)3)13-28(26)34-17-21(6)30)27-12-10-24(33-16-20(4)5)14-29(27)35-18-22(7)31/h9-14,21-22,25,30-31H,2,4,8,15-18H2,1,3,5-7H3. The van der Waals surface area contributed by atoms with E-state index in [1.54, 1.807) is 13.8 Å². The van der Waals surface area contributed by atoms with Crippen LogP contribution in [0, 0.1) is 0 Å². The van der Waals surface area contributed by atoms with Crippen molar-refractivity contribution >= 4 is 0 Å². The molecule has 0 amide bonds. The van der Waals surface area contributed by atoms with Gasteiger partial charge < -0.3 is 29.2 Å².